The molecular weight excluding hydrogens is 246 g/mol. The van der Waals surface area contributed by atoms with E-state index in [1.165, 1.54) is 57.8 Å². The molecule has 0 saturated heterocycles. The quantitative estimate of drug-likeness (QED) is 0.205. The van der Waals surface area contributed by atoms with Crippen LogP contribution in [0.5, 0.6) is 0 Å². The van der Waals surface area contributed by atoms with Crippen LogP contribution >= 0.6 is 12.6 Å². The number of nitrogens with one attached hydrogen (secondary N) is 1. The van der Waals surface area contributed by atoms with Gasteiger partial charge in [-0.1, -0.05) is 57.8 Å². The molecule has 0 saturated carbocycles. The highest BCUT2D eigenvalue weighted by molar-refractivity contribution is 7.80. The third kappa shape index (κ3) is 13.8. The van der Waals surface area contributed by atoms with Gasteiger partial charge in [-0.15, -0.1) is 0 Å². The molecule has 0 heterocycles. The molecule has 0 spiro atoms. The Balaban J connectivity index is 2.97. The Labute approximate surface area is 117 Å². The van der Waals surface area contributed by atoms with Crippen LogP contribution in [0, 0.1) is 0 Å². The zero-order chi connectivity index (χ0) is 13.5. The van der Waals surface area contributed by atoms with Crippen LogP contribution in [-0.4, -0.2) is 16.9 Å². The molecule has 2 N–H and O–H groups in total. The fourth-order valence-electron chi connectivity index (χ4n) is 2.04. The highest BCUT2D eigenvalue weighted by atomic mass is 32.1. The average Bonchev–Trinajstić information content (AvgIpc) is 2.39. The molecule has 3 nitrogen and oxygen atoms in total. The topological polar surface area (TPSA) is 49.3 Å². The lowest BCUT2D eigenvalue weighted by molar-refractivity contribution is -0.129. The molecule has 0 unspecified atom stereocenters. The van der Waals surface area contributed by atoms with Crippen molar-refractivity contribution in [3.63, 3.8) is 0 Å². The van der Waals surface area contributed by atoms with E-state index in [9.17, 15) is 4.79 Å². The minimum Gasteiger partial charge on any atom is -0.289 e. The normalized spacial score (nSPS) is 10.6. The molecule has 0 aromatic heterocycles. The van der Waals surface area contributed by atoms with Gasteiger partial charge in [0.15, 0.2) is 0 Å². The number of unbranched alkanes of at least 4 members (excludes halogenated alkanes) is 10. The Morgan fingerprint density at radius 1 is 0.778 bits per heavy atom. The summed E-state index contributed by atoms with van der Waals surface area (Å²) >= 11 is 4.20. The maximum Gasteiger partial charge on any atom is 0.243 e. The minimum atomic E-state index is -0.267. The number of hydroxylamine groups is 1. The molecule has 0 fully saturated rings. The number of amides is 1. The van der Waals surface area contributed by atoms with Gasteiger partial charge < -0.3 is 0 Å². The summed E-state index contributed by atoms with van der Waals surface area (Å²) < 4.78 is 0. The summed E-state index contributed by atoms with van der Waals surface area (Å²) in [5, 5.41) is 8.31. The van der Waals surface area contributed by atoms with Crippen LogP contribution in [0.25, 0.3) is 0 Å². The molecule has 0 aromatic rings. The summed E-state index contributed by atoms with van der Waals surface area (Å²) in [6.07, 6.45) is 14.2. The number of hydrogen-bond acceptors (Lipinski definition) is 3. The maximum atomic E-state index is 10.7. The third-order valence-electron chi connectivity index (χ3n) is 3.19. The molecule has 0 aromatic carbocycles. The van der Waals surface area contributed by atoms with Crippen LogP contribution in [0.15, 0.2) is 0 Å². The Morgan fingerprint density at radius 3 is 1.56 bits per heavy atom. The lowest BCUT2D eigenvalue weighted by atomic mass is 10.1. The summed E-state index contributed by atoms with van der Waals surface area (Å²) in [6.45, 7) is 0. The van der Waals surface area contributed by atoms with Crippen molar-refractivity contribution in [2.75, 3.05) is 5.75 Å². The van der Waals surface area contributed by atoms with Crippen molar-refractivity contribution in [3.8, 4) is 0 Å². The minimum absolute atomic E-state index is 0.267. The van der Waals surface area contributed by atoms with Crippen molar-refractivity contribution < 1.29 is 10.0 Å². The van der Waals surface area contributed by atoms with E-state index in [1.54, 1.807) is 5.48 Å². The SMILES string of the molecule is O=C(CCCCCCCCCCCCCS)NO. The van der Waals surface area contributed by atoms with Gasteiger partial charge in [0.05, 0.1) is 0 Å². The number of rotatable bonds is 13. The molecule has 0 rings (SSSR count). The van der Waals surface area contributed by atoms with E-state index in [4.69, 9.17) is 5.21 Å². The molecule has 4 heteroatoms. The first-order chi connectivity index (χ1) is 8.81. The molecule has 0 aliphatic rings. The lowest BCUT2D eigenvalue weighted by Crippen LogP contribution is -2.17. The van der Waals surface area contributed by atoms with E-state index in [0.29, 0.717) is 6.42 Å². The van der Waals surface area contributed by atoms with Crippen molar-refractivity contribution in [1.29, 1.82) is 0 Å². The molecule has 0 aliphatic carbocycles. The van der Waals surface area contributed by atoms with Crippen LogP contribution < -0.4 is 5.48 Å². The number of thiol groups is 1. The van der Waals surface area contributed by atoms with E-state index in [1.807, 2.05) is 0 Å². The molecule has 1 amide bonds. The summed E-state index contributed by atoms with van der Waals surface area (Å²) in [6, 6.07) is 0. The summed E-state index contributed by atoms with van der Waals surface area (Å²) in [5.41, 5.74) is 1.66. The summed E-state index contributed by atoms with van der Waals surface area (Å²) in [5.74, 6) is 0.755. The van der Waals surface area contributed by atoms with Crippen LogP contribution in [-0.2, 0) is 4.79 Å². The van der Waals surface area contributed by atoms with Gasteiger partial charge in [-0.25, -0.2) is 5.48 Å². The second-order valence-corrected chi connectivity index (χ2v) is 5.34. The summed E-state index contributed by atoms with van der Waals surface area (Å²) in [4.78, 5) is 10.7. The fourth-order valence-corrected chi connectivity index (χ4v) is 2.27. The Hall–Kier alpha value is -0.220. The predicted octanol–water partition coefficient (Wildman–Crippen LogP) is 4.10. The van der Waals surface area contributed by atoms with Crippen molar-refractivity contribution in [2.45, 2.75) is 77.0 Å². The Bertz CT molecular complexity index is 189. The van der Waals surface area contributed by atoms with Gasteiger partial charge in [0.2, 0.25) is 5.91 Å². The lowest BCUT2D eigenvalue weighted by Gasteiger charge is -2.02. The zero-order valence-electron chi connectivity index (χ0n) is 11.5. The van der Waals surface area contributed by atoms with Crippen LogP contribution in [0.4, 0.5) is 0 Å². The van der Waals surface area contributed by atoms with Gasteiger partial charge in [0.25, 0.3) is 0 Å². The van der Waals surface area contributed by atoms with Gasteiger partial charge in [-0.05, 0) is 18.6 Å². The molecule has 0 atom stereocenters. The molecule has 18 heavy (non-hydrogen) atoms. The zero-order valence-corrected chi connectivity index (χ0v) is 12.4. The van der Waals surface area contributed by atoms with E-state index >= 15 is 0 Å². The van der Waals surface area contributed by atoms with Gasteiger partial charge in [-0.2, -0.15) is 12.6 Å². The first kappa shape index (κ1) is 17.8. The van der Waals surface area contributed by atoms with Gasteiger partial charge in [-0.3, -0.25) is 10.0 Å². The highest BCUT2D eigenvalue weighted by Gasteiger charge is 1.98. The van der Waals surface area contributed by atoms with Gasteiger partial charge >= 0.3 is 0 Å². The predicted molar refractivity (Wildman–Crippen MR) is 79.2 cm³/mol. The summed E-state index contributed by atoms with van der Waals surface area (Å²) in [7, 11) is 0. The van der Waals surface area contributed by atoms with Crippen molar-refractivity contribution in [2.24, 2.45) is 0 Å². The maximum absolute atomic E-state index is 10.7. The fraction of sp³-hybridized carbons (Fsp3) is 0.929. The highest BCUT2D eigenvalue weighted by Crippen LogP contribution is 2.12. The van der Waals surface area contributed by atoms with Gasteiger partial charge in [0.1, 0.15) is 0 Å². The molecule has 0 bridgehead atoms. The largest absolute Gasteiger partial charge is 0.289 e. The first-order valence-electron chi connectivity index (χ1n) is 7.35. The van der Waals surface area contributed by atoms with E-state index in [2.05, 4.69) is 12.6 Å². The first-order valence-corrected chi connectivity index (χ1v) is 7.98. The molecule has 108 valence electrons. The van der Waals surface area contributed by atoms with Crippen LogP contribution in [0.1, 0.15) is 77.0 Å². The van der Waals surface area contributed by atoms with Crippen LogP contribution in [0.3, 0.4) is 0 Å². The Kier molecular flexibility index (Phi) is 14.7. The number of carbonyl (C=O) groups is 1. The van der Waals surface area contributed by atoms with Gasteiger partial charge in [0, 0.05) is 6.42 Å². The standard InChI is InChI=1S/C14H29NO2S/c16-14(15-17)12-10-8-6-4-2-1-3-5-7-9-11-13-18/h17-18H,1-13H2,(H,15,16). The Morgan fingerprint density at radius 2 is 1.17 bits per heavy atom. The number of carbonyl (C=O) groups excluding carboxylic acids is 1. The van der Waals surface area contributed by atoms with E-state index < -0.39 is 0 Å². The molecule has 0 aliphatic heterocycles. The van der Waals surface area contributed by atoms with Crippen LogP contribution in [0.2, 0.25) is 0 Å². The second-order valence-electron chi connectivity index (χ2n) is 4.90. The number of hydrogen-bond donors (Lipinski definition) is 3. The van der Waals surface area contributed by atoms with Crippen molar-refractivity contribution in [1.82, 2.24) is 5.48 Å². The monoisotopic (exact) mass is 275 g/mol. The van der Waals surface area contributed by atoms with Crippen molar-refractivity contribution >= 4 is 18.5 Å². The molecular formula is C14H29NO2S. The van der Waals surface area contributed by atoms with Crippen molar-refractivity contribution in [3.05, 3.63) is 0 Å². The second kappa shape index (κ2) is 14.8. The third-order valence-corrected chi connectivity index (χ3v) is 3.50. The average molecular weight is 275 g/mol. The molecule has 0 radical (unpaired) electrons. The van der Waals surface area contributed by atoms with E-state index in [-0.39, 0.29) is 5.91 Å². The smallest absolute Gasteiger partial charge is 0.243 e. The van der Waals surface area contributed by atoms with E-state index in [0.717, 1.165) is 18.6 Å².